The van der Waals surface area contributed by atoms with Crippen LogP contribution in [0.5, 0.6) is 0 Å². The minimum absolute atomic E-state index is 0.244. The maximum atomic E-state index is 13.1. The van der Waals surface area contributed by atoms with E-state index in [9.17, 15) is 4.39 Å². The first-order valence-corrected chi connectivity index (χ1v) is 6.95. The van der Waals surface area contributed by atoms with Gasteiger partial charge in [0.2, 0.25) is 0 Å². The molecule has 0 aliphatic carbocycles. The average Bonchev–Trinajstić information content (AvgIpc) is 2.87. The Morgan fingerprint density at radius 2 is 2.00 bits per heavy atom. The van der Waals surface area contributed by atoms with Crippen molar-refractivity contribution in [3.63, 3.8) is 0 Å². The van der Waals surface area contributed by atoms with Gasteiger partial charge < -0.3 is 0 Å². The van der Waals surface area contributed by atoms with Gasteiger partial charge in [-0.3, -0.25) is 4.68 Å². The lowest BCUT2D eigenvalue weighted by molar-refractivity contribution is 0.521. The van der Waals surface area contributed by atoms with Crippen LogP contribution in [0.15, 0.2) is 30.5 Å². The quantitative estimate of drug-likeness (QED) is 0.704. The lowest BCUT2D eigenvalue weighted by Gasteiger charge is -2.00. The zero-order chi connectivity index (χ0) is 13.5. The van der Waals surface area contributed by atoms with Gasteiger partial charge in [-0.25, -0.2) is 4.39 Å². The Labute approximate surface area is 113 Å². The monoisotopic (exact) mass is 261 g/mol. The topological polar surface area (TPSA) is 30.7 Å². The molecule has 0 aliphatic heterocycles. The van der Waals surface area contributed by atoms with E-state index in [1.807, 2.05) is 16.9 Å². The first kappa shape index (κ1) is 13.7. The van der Waals surface area contributed by atoms with Crippen LogP contribution in [0, 0.1) is 5.82 Å². The van der Waals surface area contributed by atoms with Gasteiger partial charge in [0.25, 0.3) is 0 Å². The van der Waals surface area contributed by atoms with E-state index < -0.39 is 0 Å². The highest BCUT2D eigenvalue weighted by Gasteiger charge is 2.04. The molecule has 0 spiro atoms. The first-order chi connectivity index (χ1) is 9.29. The molecule has 1 aromatic carbocycles. The van der Waals surface area contributed by atoms with Crippen LogP contribution in [-0.4, -0.2) is 15.0 Å². The molecule has 0 amide bonds. The Bertz CT molecular complexity index is 508. The summed E-state index contributed by atoms with van der Waals surface area (Å²) >= 11 is 0. The second-order valence-electron chi connectivity index (χ2n) is 4.79. The fourth-order valence-electron chi connectivity index (χ4n) is 2.07. The normalized spacial score (nSPS) is 10.8. The number of hydrogen-bond acceptors (Lipinski definition) is 2. The number of nitrogens with zero attached hydrogens (tertiary/aromatic N) is 3. The molecule has 0 saturated carbocycles. The van der Waals surface area contributed by atoms with Crippen LogP contribution in [0.4, 0.5) is 4.39 Å². The average molecular weight is 261 g/mol. The van der Waals surface area contributed by atoms with E-state index in [2.05, 4.69) is 17.2 Å². The van der Waals surface area contributed by atoms with Gasteiger partial charge in [-0.1, -0.05) is 50.0 Å². The van der Waals surface area contributed by atoms with Crippen LogP contribution in [0.2, 0.25) is 0 Å². The Morgan fingerprint density at radius 1 is 1.16 bits per heavy atom. The third kappa shape index (κ3) is 4.16. The lowest BCUT2D eigenvalue weighted by atomic mass is 10.1. The van der Waals surface area contributed by atoms with Gasteiger partial charge in [0, 0.05) is 12.1 Å². The molecular formula is C15H20FN3. The SMILES string of the molecule is CCCCCCCn1cc(-c2cccc(F)c2)nn1. The predicted molar refractivity (Wildman–Crippen MR) is 74.2 cm³/mol. The minimum Gasteiger partial charge on any atom is -0.252 e. The van der Waals surface area contributed by atoms with Crippen LogP contribution in [0.25, 0.3) is 11.3 Å². The van der Waals surface area contributed by atoms with E-state index in [0.29, 0.717) is 0 Å². The summed E-state index contributed by atoms with van der Waals surface area (Å²) in [5.74, 6) is -0.244. The molecule has 3 nitrogen and oxygen atoms in total. The van der Waals surface area contributed by atoms with E-state index in [-0.39, 0.29) is 5.82 Å². The molecule has 0 N–H and O–H groups in total. The maximum absolute atomic E-state index is 13.1. The molecule has 0 bridgehead atoms. The molecule has 19 heavy (non-hydrogen) atoms. The summed E-state index contributed by atoms with van der Waals surface area (Å²) in [4.78, 5) is 0. The molecule has 4 heteroatoms. The molecule has 0 atom stereocenters. The highest BCUT2D eigenvalue weighted by molar-refractivity contribution is 5.57. The zero-order valence-electron chi connectivity index (χ0n) is 11.3. The summed E-state index contributed by atoms with van der Waals surface area (Å²) in [6, 6.07) is 6.45. The third-order valence-electron chi connectivity index (χ3n) is 3.15. The number of halogens is 1. The van der Waals surface area contributed by atoms with Crippen LogP contribution in [-0.2, 0) is 6.54 Å². The van der Waals surface area contributed by atoms with Crippen LogP contribution < -0.4 is 0 Å². The highest BCUT2D eigenvalue weighted by atomic mass is 19.1. The third-order valence-corrected chi connectivity index (χ3v) is 3.15. The van der Waals surface area contributed by atoms with Crippen molar-refractivity contribution < 1.29 is 4.39 Å². The van der Waals surface area contributed by atoms with Crippen molar-refractivity contribution in [2.45, 2.75) is 45.6 Å². The van der Waals surface area contributed by atoms with Crippen molar-refractivity contribution in [3.8, 4) is 11.3 Å². The van der Waals surface area contributed by atoms with Gasteiger partial charge in [-0.15, -0.1) is 5.10 Å². The van der Waals surface area contributed by atoms with Gasteiger partial charge in [-0.05, 0) is 18.6 Å². The van der Waals surface area contributed by atoms with E-state index >= 15 is 0 Å². The molecule has 1 aromatic heterocycles. The van der Waals surface area contributed by atoms with Gasteiger partial charge in [0.15, 0.2) is 0 Å². The first-order valence-electron chi connectivity index (χ1n) is 6.95. The van der Waals surface area contributed by atoms with Crippen LogP contribution >= 0.6 is 0 Å². The summed E-state index contributed by atoms with van der Waals surface area (Å²) in [6.45, 7) is 3.09. The van der Waals surface area contributed by atoms with Crippen molar-refractivity contribution in [2.75, 3.05) is 0 Å². The van der Waals surface area contributed by atoms with Crippen LogP contribution in [0.3, 0.4) is 0 Å². The molecule has 102 valence electrons. The molecule has 0 unspecified atom stereocenters. The van der Waals surface area contributed by atoms with E-state index in [1.54, 1.807) is 6.07 Å². The van der Waals surface area contributed by atoms with Crippen molar-refractivity contribution in [2.24, 2.45) is 0 Å². The summed E-state index contributed by atoms with van der Waals surface area (Å²) in [5.41, 5.74) is 1.50. The molecule has 0 fully saturated rings. The minimum atomic E-state index is -0.244. The zero-order valence-corrected chi connectivity index (χ0v) is 11.3. The number of aryl methyl sites for hydroxylation is 1. The molecular weight excluding hydrogens is 241 g/mol. The molecule has 0 saturated heterocycles. The number of hydrogen-bond donors (Lipinski definition) is 0. The van der Waals surface area contributed by atoms with Gasteiger partial charge >= 0.3 is 0 Å². The van der Waals surface area contributed by atoms with Gasteiger partial charge in [-0.2, -0.15) is 0 Å². The molecule has 0 radical (unpaired) electrons. The smallest absolute Gasteiger partial charge is 0.123 e. The Morgan fingerprint density at radius 3 is 2.79 bits per heavy atom. The Balaban J connectivity index is 1.88. The molecule has 2 rings (SSSR count). The standard InChI is InChI=1S/C15H20FN3/c1-2-3-4-5-6-10-19-12-15(17-18-19)13-8-7-9-14(16)11-13/h7-9,11-12H,2-6,10H2,1H3. The molecule has 0 aliphatic rings. The molecule has 2 aromatic rings. The van der Waals surface area contributed by atoms with Crippen molar-refractivity contribution in [1.29, 1.82) is 0 Å². The number of unbranched alkanes of at least 4 members (excludes halogenated alkanes) is 4. The number of aromatic nitrogens is 3. The number of rotatable bonds is 7. The van der Waals surface area contributed by atoms with Gasteiger partial charge in [0.05, 0.1) is 6.20 Å². The summed E-state index contributed by atoms with van der Waals surface area (Å²) < 4.78 is 15.0. The largest absolute Gasteiger partial charge is 0.252 e. The second kappa shape index (κ2) is 7.02. The summed E-state index contributed by atoms with van der Waals surface area (Å²) in [7, 11) is 0. The van der Waals surface area contributed by atoms with Crippen molar-refractivity contribution in [3.05, 3.63) is 36.3 Å². The predicted octanol–water partition coefficient (Wildman–Crippen LogP) is 4.05. The Kier molecular flexibility index (Phi) is 5.07. The fourth-order valence-corrected chi connectivity index (χ4v) is 2.07. The van der Waals surface area contributed by atoms with Crippen molar-refractivity contribution in [1.82, 2.24) is 15.0 Å². The van der Waals surface area contributed by atoms with Crippen LogP contribution in [0.1, 0.15) is 39.0 Å². The number of benzene rings is 1. The van der Waals surface area contributed by atoms with Gasteiger partial charge in [0.1, 0.15) is 11.5 Å². The second-order valence-corrected chi connectivity index (χ2v) is 4.79. The Hall–Kier alpha value is -1.71. The molecule has 1 heterocycles. The van der Waals surface area contributed by atoms with E-state index in [1.165, 1.54) is 37.8 Å². The van der Waals surface area contributed by atoms with Crippen molar-refractivity contribution >= 4 is 0 Å². The van der Waals surface area contributed by atoms with E-state index in [0.717, 1.165) is 24.2 Å². The highest BCUT2D eigenvalue weighted by Crippen LogP contribution is 2.17. The summed E-state index contributed by atoms with van der Waals surface area (Å²) in [6.07, 6.45) is 8.06. The summed E-state index contributed by atoms with van der Waals surface area (Å²) in [5, 5.41) is 8.17. The maximum Gasteiger partial charge on any atom is 0.123 e. The van der Waals surface area contributed by atoms with E-state index in [4.69, 9.17) is 0 Å². The fraction of sp³-hybridized carbons (Fsp3) is 0.467. The lowest BCUT2D eigenvalue weighted by Crippen LogP contribution is -1.98.